The van der Waals surface area contributed by atoms with Crippen molar-refractivity contribution in [3.8, 4) is 0 Å². The van der Waals surface area contributed by atoms with Crippen molar-refractivity contribution in [1.82, 2.24) is 0 Å². The number of hydrogen-bond donors (Lipinski definition) is 0. The van der Waals surface area contributed by atoms with Crippen LogP contribution in [0, 0.1) is 0 Å². The zero-order chi connectivity index (χ0) is 8.73. The summed E-state index contributed by atoms with van der Waals surface area (Å²) in [5, 5.41) is 0. The second kappa shape index (κ2) is 2.94. The van der Waals surface area contributed by atoms with Crippen molar-refractivity contribution < 1.29 is 14.5 Å². The largest absolute Gasteiger partial charge is 0.341 e. The van der Waals surface area contributed by atoms with Crippen molar-refractivity contribution in [2.75, 3.05) is 0 Å². The van der Waals surface area contributed by atoms with E-state index in [1.165, 1.54) is 19.3 Å². The Bertz CT molecular complexity index is 198. The van der Waals surface area contributed by atoms with Gasteiger partial charge in [-0.05, 0) is 32.1 Å². The zero-order valence-corrected chi connectivity index (χ0v) is 7.83. The van der Waals surface area contributed by atoms with Gasteiger partial charge in [0.25, 0.3) is 0 Å². The first-order valence-corrected chi connectivity index (χ1v) is 5.40. The Labute approximate surface area is 78.3 Å². The molecule has 3 fully saturated rings. The molecule has 0 amide bonds. The standard InChI is InChI=1S/C10H16O3/c1-2-7-10(6-1)11-8-4-3-5-9(8)12-13-10/h8-9H,1-7H2. The molecule has 13 heavy (non-hydrogen) atoms. The van der Waals surface area contributed by atoms with Crippen LogP contribution in [-0.4, -0.2) is 18.0 Å². The molecule has 0 aromatic heterocycles. The van der Waals surface area contributed by atoms with Gasteiger partial charge in [-0.1, -0.05) is 0 Å². The average Bonchev–Trinajstić information content (AvgIpc) is 2.74. The highest BCUT2D eigenvalue weighted by molar-refractivity contribution is 4.86. The van der Waals surface area contributed by atoms with E-state index in [-0.39, 0.29) is 11.9 Å². The summed E-state index contributed by atoms with van der Waals surface area (Å²) in [4.78, 5) is 10.8. The van der Waals surface area contributed by atoms with E-state index in [0.29, 0.717) is 6.10 Å². The van der Waals surface area contributed by atoms with Crippen molar-refractivity contribution in [1.29, 1.82) is 0 Å². The van der Waals surface area contributed by atoms with Gasteiger partial charge in [0.1, 0.15) is 6.10 Å². The summed E-state index contributed by atoms with van der Waals surface area (Å²) in [7, 11) is 0. The fourth-order valence-corrected chi connectivity index (χ4v) is 2.70. The molecule has 1 saturated heterocycles. The van der Waals surface area contributed by atoms with Gasteiger partial charge in [0.15, 0.2) is 0 Å². The molecule has 0 radical (unpaired) electrons. The third-order valence-corrected chi connectivity index (χ3v) is 3.45. The predicted molar refractivity (Wildman–Crippen MR) is 45.9 cm³/mol. The molecule has 0 aromatic carbocycles. The lowest BCUT2D eigenvalue weighted by atomic mass is 10.2. The molecule has 1 heterocycles. The van der Waals surface area contributed by atoms with Gasteiger partial charge in [0, 0.05) is 12.8 Å². The minimum atomic E-state index is -0.356. The lowest BCUT2D eigenvalue weighted by Gasteiger charge is -2.38. The number of ether oxygens (including phenoxy) is 1. The van der Waals surface area contributed by atoms with E-state index in [0.717, 1.165) is 25.7 Å². The Morgan fingerprint density at radius 3 is 2.54 bits per heavy atom. The fourth-order valence-electron chi connectivity index (χ4n) is 2.70. The minimum absolute atomic E-state index is 0.214. The Kier molecular flexibility index (Phi) is 1.86. The van der Waals surface area contributed by atoms with Crippen molar-refractivity contribution in [2.45, 2.75) is 62.9 Å². The maximum Gasteiger partial charge on any atom is 0.201 e. The monoisotopic (exact) mass is 184 g/mol. The summed E-state index contributed by atoms with van der Waals surface area (Å²) >= 11 is 0. The summed E-state index contributed by atoms with van der Waals surface area (Å²) in [5.41, 5.74) is 0. The van der Waals surface area contributed by atoms with Gasteiger partial charge in [0.05, 0.1) is 6.10 Å². The molecule has 3 aliphatic rings. The van der Waals surface area contributed by atoms with Crippen LogP contribution in [0.4, 0.5) is 0 Å². The Hall–Kier alpha value is -0.120. The van der Waals surface area contributed by atoms with E-state index in [2.05, 4.69) is 0 Å². The molecular formula is C10H16O3. The summed E-state index contributed by atoms with van der Waals surface area (Å²) < 4.78 is 6.01. The Morgan fingerprint density at radius 1 is 0.923 bits per heavy atom. The van der Waals surface area contributed by atoms with Crippen LogP contribution in [-0.2, 0) is 14.5 Å². The molecule has 2 atom stereocenters. The minimum Gasteiger partial charge on any atom is -0.341 e. The molecule has 0 aromatic rings. The van der Waals surface area contributed by atoms with Gasteiger partial charge < -0.3 is 4.74 Å². The second-order valence-electron chi connectivity index (χ2n) is 4.42. The molecule has 3 nitrogen and oxygen atoms in total. The van der Waals surface area contributed by atoms with Gasteiger partial charge in [0.2, 0.25) is 5.79 Å². The Morgan fingerprint density at radius 2 is 1.69 bits per heavy atom. The van der Waals surface area contributed by atoms with Crippen LogP contribution < -0.4 is 0 Å². The van der Waals surface area contributed by atoms with E-state index in [4.69, 9.17) is 14.5 Å². The van der Waals surface area contributed by atoms with Gasteiger partial charge in [-0.3, -0.25) is 0 Å². The first-order chi connectivity index (χ1) is 6.38. The molecule has 2 aliphatic carbocycles. The molecule has 0 N–H and O–H groups in total. The fraction of sp³-hybridized carbons (Fsp3) is 1.00. The number of hydrogen-bond acceptors (Lipinski definition) is 3. The highest BCUT2D eigenvalue weighted by atomic mass is 17.2. The molecule has 0 bridgehead atoms. The topological polar surface area (TPSA) is 27.7 Å². The van der Waals surface area contributed by atoms with Gasteiger partial charge in [-0.25, -0.2) is 9.78 Å². The molecule has 3 heteroatoms. The van der Waals surface area contributed by atoms with Crippen molar-refractivity contribution in [3.63, 3.8) is 0 Å². The molecular weight excluding hydrogens is 168 g/mol. The van der Waals surface area contributed by atoms with Gasteiger partial charge in [-0.15, -0.1) is 0 Å². The van der Waals surface area contributed by atoms with E-state index in [9.17, 15) is 0 Å². The lowest BCUT2D eigenvalue weighted by Crippen LogP contribution is -2.46. The van der Waals surface area contributed by atoms with Crippen LogP contribution in [0.1, 0.15) is 44.9 Å². The highest BCUT2D eigenvalue weighted by Crippen LogP contribution is 2.42. The van der Waals surface area contributed by atoms with Crippen LogP contribution in [0.15, 0.2) is 0 Å². The van der Waals surface area contributed by atoms with E-state index in [1.807, 2.05) is 0 Å². The molecule has 1 spiro atoms. The summed E-state index contributed by atoms with van der Waals surface area (Å²) in [6.45, 7) is 0. The third kappa shape index (κ3) is 1.30. The maximum absolute atomic E-state index is 6.01. The van der Waals surface area contributed by atoms with Crippen molar-refractivity contribution in [3.05, 3.63) is 0 Å². The molecule has 1 aliphatic heterocycles. The van der Waals surface area contributed by atoms with Crippen LogP contribution in [0.3, 0.4) is 0 Å². The predicted octanol–water partition coefficient (Wildman–Crippen LogP) is 2.16. The van der Waals surface area contributed by atoms with E-state index in [1.54, 1.807) is 0 Å². The van der Waals surface area contributed by atoms with Gasteiger partial charge in [-0.2, -0.15) is 0 Å². The molecule has 2 unspecified atom stereocenters. The van der Waals surface area contributed by atoms with Crippen LogP contribution >= 0.6 is 0 Å². The highest BCUT2D eigenvalue weighted by Gasteiger charge is 2.47. The number of rotatable bonds is 0. The maximum atomic E-state index is 6.01. The summed E-state index contributed by atoms with van der Waals surface area (Å²) in [6.07, 6.45) is 8.43. The van der Waals surface area contributed by atoms with Crippen LogP contribution in [0.25, 0.3) is 0 Å². The van der Waals surface area contributed by atoms with Crippen LogP contribution in [0.5, 0.6) is 0 Å². The number of fused-ring (bicyclic) bond motifs is 1. The lowest BCUT2D eigenvalue weighted by molar-refractivity contribution is -0.496. The zero-order valence-electron chi connectivity index (χ0n) is 7.83. The Balaban J connectivity index is 1.73. The smallest absolute Gasteiger partial charge is 0.201 e. The SMILES string of the molecule is C1CC2OOC3(CCCC3)OC2C1. The average molecular weight is 184 g/mol. The van der Waals surface area contributed by atoms with Crippen LogP contribution in [0.2, 0.25) is 0 Å². The second-order valence-corrected chi connectivity index (χ2v) is 4.42. The van der Waals surface area contributed by atoms with Gasteiger partial charge >= 0.3 is 0 Å². The third-order valence-electron chi connectivity index (χ3n) is 3.45. The summed E-state index contributed by atoms with van der Waals surface area (Å²) in [5.74, 6) is -0.356. The molecule has 2 saturated carbocycles. The van der Waals surface area contributed by atoms with Crippen molar-refractivity contribution >= 4 is 0 Å². The van der Waals surface area contributed by atoms with E-state index >= 15 is 0 Å². The van der Waals surface area contributed by atoms with E-state index < -0.39 is 0 Å². The first-order valence-electron chi connectivity index (χ1n) is 5.40. The van der Waals surface area contributed by atoms with Crippen molar-refractivity contribution in [2.24, 2.45) is 0 Å². The summed E-state index contributed by atoms with van der Waals surface area (Å²) in [6, 6.07) is 0. The molecule has 74 valence electrons. The quantitative estimate of drug-likeness (QED) is 0.540. The first kappa shape index (κ1) is 8.21. The molecule has 3 rings (SSSR count). The normalized spacial score (nSPS) is 42.5.